The molecule has 1 N–H and O–H groups in total. The molecule has 0 bridgehead atoms. The summed E-state index contributed by atoms with van der Waals surface area (Å²) in [4.78, 5) is 10.6. The first-order valence-electron chi connectivity index (χ1n) is 5.61. The molecule has 0 fully saturated rings. The van der Waals surface area contributed by atoms with Gasteiger partial charge in [-0.2, -0.15) is 10.4 Å². The molecule has 5 heteroatoms. The minimum absolute atomic E-state index is 0.211. The van der Waals surface area contributed by atoms with Crippen molar-refractivity contribution in [3.8, 4) is 6.07 Å². The molecule has 0 saturated heterocycles. The van der Waals surface area contributed by atoms with Crippen molar-refractivity contribution in [3.05, 3.63) is 18.0 Å². The number of carboxylic acids is 1. The highest BCUT2D eigenvalue weighted by Gasteiger charge is 2.15. The van der Waals surface area contributed by atoms with Gasteiger partial charge < -0.3 is 5.11 Å². The fourth-order valence-corrected chi connectivity index (χ4v) is 1.49. The molecule has 0 spiro atoms. The molecule has 0 unspecified atom stereocenters. The van der Waals surface area contributed by atoms with Crippen molar-refractivity contribution < 1.29 is 9.90 Å². The Morgan fingerprint density at radius 3 is 2.82 bits per heavy atom. The third-order valence-electron chi connectivity index (χ3n) is 2.62. The Bertz CT molecular complexity index is 429. The van der Waals surface area contributed by atoms with Crippen LogP contribution in [0.4, 0.5) is 0 Å². The van der Waals surface area contributed by atoms with Crippen LogP contribution in [0.15, 0.2) is 12.4 Å². The van der Waals surface area contributed by atoms with E-state index in [9.17, 15) is 4.79 Å². The van der Waals surface area contributed by atoms with Crippen LogP contribution in [0.3, 0.4) is 0 Å². The summed E-state index contributed by atoms with van der Waals surface area (Å²) in [5, 5.41) is 21.5. The molecule has 0 amide bonds. The molecule has 0 radical (unpaired) electrons. The average molecular weight is 235 g/mol. The second-order valence-corrected chi connectivity index (χ2v) is 4.75. The number of aryl methyl sites for hydroxylation is 1. The van der Waals surface area contributed by atoms with Gasteiger partial charge in [0.25, 0.3) is 0 Å². The number of hydrogen-bond acceptors (Lipinski definition) is 3. The van der Waals surface area contributed by atoms with Crippen LogP contribution in [0.1, 0.15) is 43.5 Å². The summed E-state index contributed by atoms with van der Waals surface area (Å²) in [7, 11) is 0. The summed E-state index contributed by atoms with van der Waals surface area (Å²) in [6.45, 7) is 4.53. The number of aromatic nitrogens is 2. The predicted octanol–water partition coefficient (Wildman–Crippen LogP) is 2.30. The fourth-order valence-electron chi connectivity index (χ4n) is 1.49. The molecular weight excluding hydrogens is 218 g/mol. The molecule has 0 aliphatic rings. The summed E-state index contributed by atoms with van der Waals surface area (Å²) in [6.07, 6.45) is 5.55. The number of unbranched alkanes of at least 4 members (excludes halogenated alkanes) is 1. The smallest absolute Gasteiger partial charge is 0.338 e. The molecule has 0 aliphatic heterocycles. The Balaban J connectivity index is 2.32. The van der Waals surface area contributed by atoms with E-state index in [0.717, 1.165) is 19.3 Å². The van der Waals surface area contributed by atoms with Gasteiger partial charge in [0.15, 0.2) is 0 Å². The minimum Gasteiger partial charge on any atom is -0.478 e. The fraction of sp³-hybridized carbons (Fsp3) is 0.583. The summed E-state index contributed by atoms with van der Waals surface area (Å²) < 4.78 is 1.63. The largest absolute Gasteiger partial charge is 0.478 e. The van der Waals surface area contributed by atoms with Gasteiger partial charge in [0.05, 0.1) is 23.2 Å². The van der Waals surface area contributed by atoms with Crippen LogP contribution >= 0.6 is 0 Å². The normalized spacial score (nSPS) is 11.1. The number of nitriles is 1. The Kier molecular flexibility index (Phi) is 4.27. The number of carboxylic acid groups (broad SMARTS) is 1. The van der Waals surface area contributed by atoms with Gasteiger partial charge in [-0.05, 0) is 26.7 Å². The van der Waals surface area contributed by atoms with E-state index in [4.69, 9.17) is 10.4 Å². The molecule has 1 heterocycles. The molecule has 0 atom stereocenters. The molecule has 17 heavy (non-hydrogen) atoms. The quantitative estimate of drug-likeness (QED) is 0.767. The average Bonchev–Trinajstić information content (AvgIpc) is 2.73. The molecule has 92 valence electrons. The van der Waals surface area contributed by atoms with Crippen LogP contribution in [-0.2, 0) is 6.54 Å². The third-order valence-corrected chi connectivity index (χ3v) is 2.62. The zero-order chi connectivity index (χ0) is 12.9. The number of rotatable bonds is 6. The van der Waals surface area contributed by atoms with E-state index in [0.29, 0.717) is 6.54 Å². The van der Waals surface area contributed by atoms with Gasteiger partial charge in [-0.25, -0.2) is 4.79 Å². The van der Waals surface area contributed by atoms with E-state index in [1.54, 1.807) is 4.68 Å². The maximum Gasteiger partial charge on any atom is 0.338 e. The van der Waals surface area contributed by atoms with Gasteiger partial charge in [0.1, 0.15) is 0 Å². The topological polar surface area (TPSA) is 78.9 Å². The standard InChI is InChI=1S/C12H17N3O2/c1-12(2,9-13)5-3-4-6-15-8-10(7-14-15)11(16)17/h7-8H,3-6H2,1-2H3,(H,16,17). The van der Waals surface area contributed by atoms with E-state index in [1.807, 2.05) is 13.8 Å². The lowest BCUT2D eigenvalue weighted by Crippen LogP contribution is -2.08. The van der Waals surface area contributed by atoms with Gasteiger partial charge in [0.2, 0.25) is 0 Å². The maximum absolute atomic E-state index is 10.6. The highest BCUT2D eigenvalue weighted by Crippen LogP contribution is 2.21. The molecule has 5 nitrogen and oxygen atoms in total. The molecule has 1 aromatic heterocycles. The first-order valence-corrected chi connectivity index (χ1v) is 5.61. The van der Waals surface area contributed by atoms with Crippen molar-refractivity contribution in [2.24, 2.45) is 5.41 Å². The summed E-state index contributed by atoms with van der Waals surface area (Å²) in [5.74, 6) is -0.957. The molecule has 0 aliphatic carbocycles. The van der Waals surface area contributed by atoms with Crippen molar-refractivity contribution in [3.63, 3.8) is 0 Å². The SMILES string of the molecule is CC(C)(C#N)CCCCn1cc(C(=O)O)cn1. The monoisotopic (exact) mass is 235 g/mol. The predicted molar refractivity (Wildman–Crippen MR) is 62.4 cm³/mol. The van der Waals surface area contributed by atoms with E-state index >= 15 is 0 Å². The van der Waals surface area contributed by atoms with Crippen molar-refractivity contribution in [1.82, 2.24) is 9.78 Å². The molecule has 1 rings (SSSR count). The van der Waals surface area contributed by atoms with Crippen LogP contribution in [0, 0.1) is 16.7 Å². The van der Waals surface area contributed by atoms with Crippen LogP contribution < -0.4 is 0 Å². The van der Waals surface area contributed by atoms with Gasteiger partial charge in [-0.1, -0.05) is 6.42 Å². The minimum atomic E-state index is -0.957. The third kappa shape index (κ3) is 4.27. The summed E-state index contributed by atoms with van der Waals surface area (Å²) in [6, 6.07) is 2.26. The van der Waals surface area contributed by atoms with Crippen molar-refractivity contribution in [2.45, 2.75) is 39.7 Å². The Morgan fingerprint density at radius 1 is 1.59 bits per heavy atom. The molecule has 1 aromatic rings. The van der Waals surface area contributed by atoms with Gasteiger partial charge >= 0.3 is 5.97 Å². The second-order valence-electron chi connectivity index (χ2n) is 4.75. The molecule has 0 aromatic carbocycles. The molecular formula is C12H17N3O2. The first kappa shape index (κ1) is 13.2. The maximum atomic E-state index is 10.6. The molecule has 0 saturated carbocycles. The summed E-state index contributed by atoms with van der Waals surface area (Å²) >= 11 is 0. The number of nitrogens with zero attached hydrogens (tertiary/aromatic N) is 3. The Hall–Kier alpha value is -1.83. The van der Waals surface area contributed by atoms with Gasteiger partial charge in [-0.15, -0.1) is 0 Å². The number of hydrogen-bond donors (Lipinski definition) is 1. The Labute approximate surface area is 101 Å². The lowest BCUT2D eigenvalue weighted by molar-refractivity contribution is 0.0697. The van der Waals surface area contributed by atoms with Crippen LogP contribution in [0.5, 0.6) is 0 Å². The lowest BCUT2D eigenvalue weighted by Gasteiger charge is -2.14. The van der Waals surface area contributed by atoms with Crippen molar-refractivity contribution in [1.29, 1.82) is 5.26 Å². The summed E-state index contributed by atoms with van der Waals surface area (Å²) in [5.41, 5.74) is -0.0709. The van der Waals surface area contributed by atoms with Gasteiger partial charge in [0, 0.05) is 12.7 Å². The number of aromatic carboxylic acids is 1. The number of carbonyl (C=O) groups is 1. The Morgan fingerprint density at radius 2 is 2.29 bits per heavy atom. The second kappa shape index (κ2) is 5.48. The van der Waals surface area contributed by atoms with E-state index in [1.165, 1.54) is 12.4 Å². The van der Waals surface area contributed by atoms with E-state index in [-0.39, 0.29) is 11.0 Å². The zero-order valence-corrected chi connectivity index (χ0v) is 10.2. The van der Waals surface area contributed by atoms with Crippen molar-refractivity contribution in [2.75, 3.05) is 0 Å². The lowest BCUT2D eigenvalue weighted by atomic mass is 9.89. The van der Waals surface area contributed by atoms with Crippen LogP contribution in [-0.4, -0.2) is 20.9 Å². The van der Waals surface area contributed by atoms with Crippen molar-refractivity contribution >= 4 is 5.97 Å². The van der Waals surface area contributed by atoms with Crippen LogP contribution in [0.2, 0.25) is 0 Å². The highest BCUT2D eigenvalue weighted by molar-refractivity contribution is 5.86. The van der Waals surface area contributed by atoms with Crippen LogP contribution in [0.25, 0.3) is 0 Å². The highest BCUT2D eigenvalue weighted by atomic mass is 16.4. The first-order chi connectivity index (χ1) is 7.94. The van der Waals surface area contributed by atoms with Gasteiger partial charge in [-0.3, -0.25) is 4.68 Å². The van der Waals surface area contributed by atoms with E-state index < -0.39 is 5.97 Å². The van der Waals surface area contributed by atoms with E-state index in [2.05, 4.69) is 11.2 Å². The zero-order valence-electron chi connectivity index (χ0n) is 10.2.